The molecule has 2 amide bonds. The summed E-state index contributed by atoms with van der Waals surface area (Å²) in [6.07, 6.45) is 2.25. The fraction of sp³-hybridized carbons (Fsp3) is 0.440. The molecule has 0 aromatic heterocycles. The monoisotopic (exact) mass is 437 g/mol. The Morgan fingerprint density at radius 1 is 1.06 bits per heavy atom. The van der Waals surface area contributed by atoms with Gasteiger partial charge in [0.25, 0.3) is 0 Å². The molecule has 0 atom stereocenters. The highest BCUT2D eigenvalue weighted by molar-refractivity contribution is 5.97. The molecule has 4 rings (SSSR count). The van der Waals surface area contributed by atoms with E-state index in [9.17, 15) is 9.59 Å². The maximum atomic E-state index is 12.7. The second kappa shape index (κ2) is 10.5. The van der Waals surface area contributed by atoms with Crippen LogP contribution in [-0.4, -0.2) is 56.1 Å². The van der Waals surface area contributed by atoms with Crippen molar-refractivity contribution in [1.29, 1.82) is 0 Å². The summed E-state index contributed by atoms with van der Waals surface area (Å²) in [6, 6.07) is 15.8. The Morgan fingerprint density at radius 2 is 1.88 bits per heavy atom. The van der Waals surface area contributed by atoms with Crippen LogP contribution in [0.4, 0.5) is 5.69 Å². The molecule has 1 N–H and O–H groups in total. The topological polar surface area (TPSA) is 71.1 Å². The highest BCUT2D eigenvalue weighted by atomic mass is 16.5. The van der Waals surface area contributed by atoms with E-state index in [4.69, 9.17) is 9.47 Å². The van der Waals surface area contributed by atoms with Crippen molar-refractivity contribution >= 4 is 17.5 Å². The van der Waals surface area contributed by atoms with Gasteiger partial charge in [0.15, 0.2) is 0 Å². The van der Waals surface area contributed by atoms with Crippen LogP contribution in [0.15, 0.2) is 48.5 Å². The summed E-state index contributed by atoms with van der Waals surface area (Å²) in [5.41, 5.74) is 2.02. The predicted octanol–water partition coefficient (Wildman–Crippen LogP) is 2.98. The number of carbonyl (C=O) groups is 2. The van der Waals surface area contributed by atoms with Crippen molar-refractivity contribution in [2.75, 3.05) is 38.3 Å². The average Bonchev–Trinajstić information content (AvgIpc) is 2.83. The first-order valence-corrected chi connectivity index (χ1v) is 11.3. The number of carbonyl (C=O) groups excluding carboxylic acids is 2. The number of rotatable bonds is 7. The molecule has 2 aromatic carbocycles. The van der Waals surface area contributed by atoms with Gasteiger partial charge in [0, 0.05) is 38.5 Å². The third-order valence-electron chi connectivity index (χ3n) is 6.09. The molecular weight excluding hydrogens is 406 g/mol. The van der Waals surface area contributed by atoms with Crippen molar-refractivity contribution in [3.63, 3.8) is 0 Å². The van der Waals surface area contributed by atoms with Gasteiger partial charge in [-0.15, -0.1) is 0 Å². The Hall–Kier alpha value is -3.06. The van der Waals surface area contributed by atoms with Crippen LogP contribution in [0.1, 0.15) is 31.2 Å². The number of nitrogens with zero attached hydrogens (tertiary/aromatic N) is 2. The lowest BCUT2D eigenvalue weighted by atomic mass is 10.0. The van der Waals surface area contributed by atoms with Crippen molar-refractivity contribution in [1.82, 2.24) is 10.2 Å². The molecule has 0 spiro atoms. The number of nitrogens with one attached hydrogen (secondary N) is 1. The van der Waals surface area contributed by atoms with Gasteiger partial charge in [-0.1, -0.05) is 24.3 Å². The van der Waals surface area contributed by atoms with Gasteiger partial charge in [-0.2, -0.15) is 0 Å². The maximum Gasteiger partial charge on any atom is 0.227 e. The first kappa shape index (κ1) is 22.1. The van der Waals surface area contributed by atoms with Gasteiger partial charge in [-0.05, 0) is 42.7 Å². The van der Waals surface area contributed by atoms with Crippen LogP contribution < -0.4 is 19.7 Å². The number of benzene rings is 2. The van der Waals surface area contributed by atoms with Crippen LogP contribution in [0.3, 0.4) is 0 Å². The van der Waals surface area contributed by atoms with E-state index in [1.54, 1.807) is 12.0 Å². The number of para-hydroxylation sites is 2. The standard InChI is InChI=1S/C25H31N3O4/c1-31-21-6-4-5-19(17-21)18-27-13-11-20(12-14-27)26-24(29)9-10-25(30)28-15-16-32-23-8-3-2-7-22(23)28/h2-8,17,20H,9-16,18H2,1H3,(H,26,29). The van der Waals surface area contributed by atoms with E-state index < -0.39 is 0 Å². The molecular formula is C25H31N3O4. The number of hydrogen-bond acceptors (Lipinski definition) is 5. The Kier molecular flexibility index (Phi) is 7.27. The summed E-state index contributed by atoms with van der Waals surface area (Å²) in [4.78, 5) is 29.3. The van der Waals surface area contributed by atoms with Crippen LogP contribution >= 0.6 is 0 Å². The van der Waals surface area contributed by atoms with Gasteiger partial charge >= 0.3 is 0 Å². The molecule has 1 saturated heterocycles. The minimum absolute atomic E-state index is 0.0380. The molecule has 2 aliphatic heterocycles. The molecule has 0 bridgehead atoms. The minimum Gasteiger partial charge on any atom is -0.497 e. The second-order valence-electron chi connectivity index (χ2n) is 8.33. The Bertz CT molecular complexity index is 940. The number of hydrogen-bond donors (Lipinski definition) is 1. The quantitative estimate of drug-likeness (QED) is 0.721. The van der Waals surface area contributed by atoms with Crippen LogP contribution in [0.5, 0.6) is 11.5 Å². The number of fused-ring (bicyclic) bond motifs is 1. The Labute approximate surface area is 189 Å². The highest BCUT2D eigenvalue weighted by Crippen LogP contribution is 2.31. The normalized spacial score (nSPS) is 16.7. The third kappa shape index (κ3) is 5.59. The zero-order chi connectivity index (χ0) is 22.3. The lowest BCUT2D eigenvalue weighted by Gasteiger charge is -2.32. The van der Waals surface area contributed by atoms with Crippen molar-refractivity contribution in [2.45, 2.75) is 38.3 Å². The third-order valence-corrected chi connectivity index (χ3v) is 6.09. The minimum atomic E-state index is -0.0499. The number of methoxy groups -OCH3 is 1. The van der Waals surface area contributed by atoms with E-state index in [1.807, 2.05) is 36.4 Å². The van der Waals surface area contributed by atoms with E-state index in [1.165, 1.54) is 5.56 Å². The zero-order valence-corrected chi connectivity index (χ0v) is 18.6. The molecule has 0 unspecified atom stereocenters. The van der Waals surface area contributed by atoms with Crippen LogP contribution in [0.25, 0.3) is 0 Å². The van der Waals surface area contributed by atoms with Crippen LogP contribution in [-0.2, 0) is 16.1 Å². The summed E-state index contributed by atoms with van der Waals surface area (Å²) >= 11 is 0. The Balaban J connectivity index is 1.19. The molecule has 170 valence electrons. The van der Waals surface area contributed by atoms with Crippen molar-refractivity contribution in [3.05, 3.63) is 54.1 Å². The summed E-state index contributed by atoms with van der Waals surface area (Å²) in [5, 5.41) is 3.12. The van der Waals surface area contributed by atoms with Gasteiger partial charge in [0.05, 0.1) is 19.3 Å². The highest BCUT2D eigenvalue weighted by Gasteiger charge is 2.25. The fourth-order valence-electron chi connectivity index (χ4n) is 4.35. The molecule has 32 heavy (non-hydrogen) atoms. The SMILES string of the molecule is COc1cccc(CN2CCC(NC(=O)CCC(=O)N3CCOc4ccccc43)CC2)c1. The van der Waals surface area contributed by atoms with Gasteiger partial charge < -0.3 is 19.7 Å². The fourth-order valence-corrected chi connectivity index (χ4v) is 4.35. The van der Waals surface area contributed by atoms with Crippen molar-refractivity contribution in [2.24, 2.45) is 0 Å². The van der Waals surface area contributed by atoms with Gasteiger partial charge in [0.1, 0.15) is 18.1 Å². The van der Waals surface area contributed by atoms with E-state index in [0.29, 0.717) is 13.2 Å². The Morgan fingerprint density at radius 3 is 2.69 bits per heavy atom. The lowest BCUT2D eigenvalue weighted by molar-refractivity contribution is -0.126. The van der Waals surface area contributed by atoms with Crippen molar-refractivity contribution in [3.8, 4) is 11.5 Å². The molecule has 0 radical (unpaired) electrons. The predicted molar refractivity (Wildman–Crippen MR) is 123 cm³/mol. The molecule has 0 saturated carbocycles. The van der Waals surface area contributed by atoms with Gasteiger partial charge in [0.2, 0.25) is 11.8 Å². The lowest BCUT2D eigenvalue weighted by Crippen LogP contribution is -2.44. The molecule has 0 aliphatic carbocycles. The largest absolute Gasteiger partial charge is 0.497 e. The number of piperidine rings is 1. The number of amides is 2. The molecule has 2 aliphatic rings. The zero-order valence-electron chi connectivity index (χ0n) is 18.6. The maximum absolute atomic E-state index is 12.7. The van der Waals surface area contributed by atoms with Crippen molar-refractivity contribution < 1.29 is 19.1 Å². The number of likely N-dealkylation sites (tertiary alicyclic amines) is 1. The first-order chi connectivity index (χ1) is 15.6. The van der Waals surface area contributed by atoms with E-state index in [-0.39, 0.29) is 30.7 Å². The summed E-state index contributed by atoms with van der Waals surface area (Å²) < 4.78 is 10.9. The summed E-state index contributed by atoms with van der Waals surface area (Å²) in [6.45, 7) is 3.75. The molecule has 2 aromatic rings. The van der Waals surface area contributed by atoms with Gasteiger partial charge in [-0.3, -0.25) is 14.5 Å². The molecule has 1 fully saturated rings. The van der Waals surface area contributed by atoms with Crippen LogP contribution in [0, 0.1) is 0 Å². The smallest absolute Gasteiger partial charge is 0.227 e. The van der Waals surface area contributed by atoms with Gasteiger partial charge in [-0.25, -0.2) is 0 Å². The summed E-state index contributed by atoms with van der Waals surface area (Å²) in [5.74, 6) is 1.51. The van der Waals surface area contributed by atoms with E-state index in [2.05, 4.69) is 22.3 Å². The van der Waals surface area contributed by atoms with E-state index in [0.717, 1.165) is 49.7 Å². The summed E-state index contributed by atoms with van der Waals surface area (Å²) in [7, 11) is 1.68. The molecule has 7 heteroatoms. The average molecular weight is 438 g/mol. The second-order valence-corrected chi connectivity index (χ2v) is 8.33. The van der Waals surface area contributed by atoms with E-state index >= 15 is 0 Å². The number of ether oxygens (including phenoxy) is 2. The molecule has 2 heterocycles. The first-order valence-electron chi connectivity index (χ1n) is 11.3. The molecule has 7 nitrogen and oxygen atoms in total. The van der Waals surface area contributed by atoms with Crippen LogP contribution in [0.2, 0.25) is 0 Å². The number of anilines is 1.